The summed E-state index contributed by atoms with van der Waals surface area (Å²) in [6.45, 7) is 0. The summed E-state index contributed by atoms with van der Waals surface area (Å²) in [4.78, 5) is 0. The van der Waals surface area contributed by atoms with Gasteiger partial charge in [0.2, 0.25) is 0 Å². The second-order valence-electron chi connectivity index (χ2n) is 3.95. The van der Waals surface area contributed by atoms with Gasteiger partial charge in [0.1, 0.15) is 0 Å². The predicted octanol–water partition coefficient (Wildman–Crippen LogP) is 3.81. The Labute approximate surface area is 97.7 Å². The maximum Gasteiger partial charge on any atom is 0.0528 e. The summed E-state index contributed by atoms with van der Waals surface area (Å²) >= 11 is 2.51. The number of nitrogens with one attached hydrogen (secondary N) is 1. The number of para-hydroxylation sites is 1. The van der Waals surface area contributed by atoms with Crippen molar-refractivity contribution < 1.29 is 0 Å². The van der Waals surface area contributed by atoms with Crippen molar-refractivity contribution in [2.45, 2.75) is 25.3 Å². The van der Waals surface area contributed by atoms with Crippen LogP contribution in [0.15, 0.2) is 27.8 Å². The maximum atomic E-state index is 3.60. The molecule has 0 radical (unpaired) electrons. The minimum atomic E-state index is 0.591. The molecule has 72 valence electrons. The summed E-state index contributed by atoms with van der Waals surface area (Å²) in [6, 6.07) is 9.25. The number of halogens is 1. The maximum absolute atomic E-state index is 3.60. The molecule has 3 rings (SSSR count). The van der Waals surface area contributed by atoms with E-state index < -0.39 is 0 Å². The van der Waals surface area contributed by atoms with Crippen LogP contribution in [0.4, 0.5) is 5.69 Å². The van der Waals surface area contributed by atoms with Gasteiger partial charge in [-0.05, 0) is 57.1 Å². The SMILES string of the molecule is IC1=C2c3ccccc3NC2CCC1. The Morgan fingerprint density at radius 2 is 2.14 bits per heavy atom. The van der Waals surface area contributed by atoms with E-state index in [0.29, 0.717) is 6.04 Å². The molecule has 0 aromatic heterocycles. The number of rotatable bonds is 0. The molecule has 0 bridgehead atoms. The van der Waals surface area contributed by atoms with Crippen molar-refractivity contribution in [2.75, 3.05) is 5.32 Å². The average Bonchev–Trinajstić information content (AvgIpc) is 2.57. The molecular weight excluding hydrogens is 285 g/mol. The molecule has 1 heterocycles. The van der Waals surface area contributed by atoms with Crippen molar-refractivity contribution in [1.29, 1.82) is 0 Å². The van der Waals surface area contributed by atoms with Gasteiger partial charge in [-0.25, -0.2) is 0 Å². The summed E-state index contributed by atoms with van der Waals surface area (Å²) in [5.41, 5.74) is 4.32. The third kappa shape index (κ3) is 1.20. The van der Waals surface area contributed by atoms with Crippen LogP contribution < -0.4 is 5.32 Å². The van der Waals surface area contributed by atoms with Gasteiger partial charge in [0, 0.05) is 11.3 Å². The van der Waals surface area contributed by atoms with Crippen LogP contribution in [-0.2, 0) is 0 Å². The highest BCUT2D eigenvalue weighted by Crippen LogP contribution is 2.44. The molecule has 0 saturated carbocycles. The number of hydrogen-bond acceptors (Lipinski definition) is 1. The molecule has 1 aromatic rings. The fourth-order valence-corrected chi connectivity index (χ4v) is 3.49. The molecule has 1 aromatic carbocycles. The largest absolute Gasteiger partial charge is 0.378 e. The number of benzene rings is 1. The molecule has 14 heavy (non-hydrogen) atoms. The lowest BCUT2D eigenvalue weighted by atomic mass is 9.92. The third-order valence-corrected chi connectivity index (χ3v) is 4.20. The Bertz CT molecular complexity index is 409. The molecule has 1 aliphatic heterocycles. The van der Waals surface area contributed by atoms with Gasteiger partial charge < -0.3 is 5.32 Å². The molecule has 0 amide bonds. The Hall–Kier alpha value is -0.510. The van der Waals surface area contributed by atoms with Crippen LogP contribution in [0.5, 0.6) is 0 Å². The minimum absolute atomic E-state index is 0.591. The molecule has 0 saturated heterocycles. The molecule has 2 aliphatic rings. The van der Waals surface area contributed by atoms with Crippen molar-refractivity contribution in [2.24, 2.45) is 0 Å². The fraction of sp³-hybridized carbons (Fsp3) is 0.333. The van der Waals surface area contributed by atoms with E-state index in [2.05, 4.69) is 52.2 Å². The summed E-state index contributed by atoms with van der Waals surface area (Å²) in [5.74, 6) is 0. The first kappa shape index (κ1) is 8.77. The molecule has 0 spiro atoms. The highest BCUT2D eigenvalue weighted by Gasteiger charge is 2.30. The predicted molar refractivity (Wildman–Crippen MR) is 68.6 cm³/mol. The summed E-state index contributed by atoms with van der Waals surface area (Å²) in [6.07, 6.45) is 3.88. The van der Waals surface area contributed by atoms with Crippen LogP contribution in [0, 0.1) is 0 Å². The summed E-state index contributed by atoms with van der Waals surface area (Å²) in [5, 5.41) is 3.60. The quantitative estimate of drug-likeness (QED) is 0.718. The monoisotopic (exact) mass is 297 g/mol. The van der Waals surface area contributed by atoms with Crippen LogP contribution in [0.1, 0.15) is 24.8 Å². The van der Waals surface area contributed by atoms with Gasteiger partial charge in [0.25, 0.3) is 0 Å². The standard InChI is InChI=1S/C12H12IN/c13-9-5-3-7-11-12(9)8-4-1-2-6-10(8)14-11/h1-2,4,6,11,14H,3,5,7H2. The van der Waals surface area contributed by atoms with Crippen molar-refractivity contribution >= 4 is 33.9 Å². The van der Waals surface area contributed by atoms with Gasteiger partial charge in [-0.2, -0.15) is 0 Å². The smallest absolute Gasteiger partial charge is 0.0528 e. The molecule has 2 heteroatoms. The molecule has 0 fully saturated rings. The van der Waals surface area contributed by atoms with Crippen LogP contribution in [0.2, 0.25) is 0 Å². The molecule has 1 unspecified atom stereocenters. The van der Waals surface area contributed by atoms with Crippen molar-refractivity contribution in [1.82, 2.24) is 0 Å². The number of fused-ring (bicyclic) bond motifs is 3. The second kappa shape index (κ2) is 3.26. The molecule has 1 N–H and O–H groups in total. The summed E-state index contributed by atoms with van der Waals surface area (Å²) in [7, 11) is 0. The first-order chi connectivity index (χ1) is 6.86. The van der Waals surface area contributed by atoms with E-state index in [0.717, 1.165) is 0 Å². The fourth-order valence-electron chi connectivity index (χ4n) is 2.44. The first-order valence-corrected chi connectivity index (χ1v) is 6.18. The Balaban J connectivity index is 2.19. The van der Waals surface area contributed by atoms with Crippen LogP contribution in [0.3, 0.4) is 0 Å². The van der Waals surface area contributed by atoms with Gasteiger partial charge in [-0.15, -0.1) is 0 Å². The second-order valence-corrected chi connectivity index (χ2v) is 5.26. The Kier molecular flexibility index (Phi) is 2.04. The van der Waals surface area contributed by atoms with Crippen molar-refractivity contribution in [3.63, 3.8) is 0 Å². The van der Waals surface area contributed by atoms with E-state index in [1.54, 1.807) is 9.15 Å². The molecule has 1 aliphatic carbocycles. The van der Waals surface area contributed by atoms with Crippen molar-refractivity contribution in [3.8, 4) is 0 Å². The van der Waals surface area contributed by atoms with Crippen LogP contribution >= 0.6 is 22.6 Å². The van der Waals surface area contributed by atoms with E-state index >= 15 is 0 Å². The zero-order valence-corrected chi connectivity index (χ0v) is 10.0. The van der Waals surface area contributed by atoms with Crippen LogP contribution in [0.25, 0.3) is 5.57 Å². The lowest BCUT2D eigenvalue weighted by molar-refractivity contribution is 0.695. The van der Waals surface area contributed by atoms with E-state index in [1.165, 1.54) is 30.5 Å². The lowest BCUT2D eigenvalue weighted by Gasteiger charge is -2.20. The topological polar surface area (TPSA) is 12.0 Å². The first-order valence-electron chi connectivity index (χ1n) is 5.11. The van der Waals surface area contributed by atoms with Gasteiger partial charge in [0.05, 0.1) is 6.04 Å². The van der Waals surface area contributed by atoms with E-state index in [9.17, 15) is 0 Å². The third-order valence-electron chi connectivity index (χ3n) is 3.08. The normalized spacial score (nSPS) is 24.2. The zero-order chi connectivity index (χ0) is 9.54. The Morgan fingerprint density at radius 1 is 1.29 bits per heavy atom. The average molecular weight is 297 g/mol. The number of anilines is 1. The lowest BCUT2D eigenvalue weighted by Crippen LogP contribution is -2.17. The summed E-state index contributed by atoms with van der Waals surface area (Å²) < 4.78 is 1.55. The number of hydrogen-bond donors (Lipinski definition) is 1. The van der Waals surface area contributed by atoms with Gasteiger partial charge >= 0.3 is 0 Å². The minimum Gasteiger partial charge on any atom is -0.378 e. The van der Waals surface area contributed by atoms with E-state index in [4.69, 9.17) is 0 Å². The van der Waals surface area contributed by atoms with Gasteiger partial charge in [-0.1, -0.05) is 18.2 Å². The van der Waals surface area contributed by atoms with E-state index in [-0.39, 0.29) is 0 Å². The highest BCUT2D eigenvalue weighted by atomic mass is 127. The van der Waals surface area contributed by atoms with Crippen molar-refractivity contribution in [3.05, 3.63) is 33.4 Å². The Morgan fingerprint density at radius 3 is 3.07 bits per heavy atom. The molecule has 1 atom stereocenters. The molecule has 1 nitrogen and oxygen atoms in total. The van der Waals surface area contributed by atoms with Gasteiger partial charge in [-0.3, -0.25) is 0 Å². The number of allylic oxidation sites excluding steroid dienone is 1. The highest BCUT2D eigenvalue weighted by molar-refractivity contribution is 14.1. The van der Waals surface area contributed by atoms with E-state index in [1.807, 2.05) is 0 Å². The zero-order valence-electron chi connectivity index (χ0n) is 7.89. The van der Waals surface area contributed by atoms with Gasteiger partial charge in [0.15, 0.2) is 0 Å². The molecular formula is C12H12IN. The van der Waals surface area contributed by atoms with Crippen LogP contribution in [-0.4, -0.2) is 6.04 Å².